The van der Waals surface area contributed by atoms with Crippen molar-refractivity contribution in [2.75, 3.05) is 19.8 Å². The number of nitrogens with one attached hydrogen (secondary N) is 1. The van der Waals surface area contributed by atoms with Crippen LogP contribution in [0.5, 0.6) is 5.75 Å². The molecule has 8 nitrogen and oxygen atoms in total. The highest BCUT2D eigenvalue weighted by atomic mass is 35.5. The summed E-state index contributed by atoms with van der Waals surface area (Å²) in [5, 5.41) is 12.7. The third-order valence-electron chi connectivity index (χ3n) is 6.85. The molecule has 1 aliphatic rings. The van der Waals surface area contributed by atoms with Gasteiger partial charge in [-0.2, -0.15) is 0 Å². The van der Waals surface area contributed by atoms with E-state index in [0.29, 0.717) is 48.2 Å². The number of aliphatic hydroxyl groups is 1. The number of amides is 1. The van der Waals surface area contributed by atoms with Gasteiger partial charge in [0, 0.05) is 36.6 Å². The fourth-order valence-electron chi connectivity index (χ4n) is 4.85. The lowest BCUT2D eigenvalue weighted by atomic mass is 9.83. The molecule has 43 heavy (non-hydrogen) atoms. The van der Waals surface area contributed by atoms with Crippen LogP contribution < -0.4 is 10.1 Å². The summed E-state index contributed by atoms with van der Waals surface area (Å²) in [5.74, 6) is 0.180. The van der Waals surface area contributed by atoms with Crippen LogP contribution in [0.4, 0.5) is 0 Å². The first kappa shape index (κ1) is 32.0. The number of aliphatic imine (C=N–C) groups is 1. The number of hydrogen-bond acceptors (Lipinski definition) is 7. The third-order valence-corrected chi connectivity index (χ3v) is 7.09. The van der Waals surface area contributed by atoms with Crippen molar-refractivity contribution in [2.24, 2.45) is 4.99 Å². The van der Waals surface area contributed by atoms with Gasteiger partial charge in [0.15, 0.2) is 11.6 Å². The number of hydrogen-bond donors (Lipinski definition) is 2. The summed E-state index contributed by atoms with van der Waals surface area (Å²) >= 11 is 6.15. The predicted octanol–water partition coefficient (Wildman–Crippen LogP) is 5.84. The molecule has 0 saturated carbocycles. The van der Waals surface area contributed by atoms with Gasteiger partial charge in [-0.1, -0.05) is 54.1 Å². The Morgan fingerprint density at radius 1 is 1.05 bits per heavy atom. The molecule has 9 heteroatoms. The molecule has 2 atom stereocenters. The summed E-state index contributed by atoms with van der Waals surface area (Å²) in [7, 11) is 0. The Hall–Kier alpha value is -3.88. The van der Waals surface area contributed by atoms with Crippen molar-refractivity contribution in [1.29, 1.82) is 0 Å². The minimum Gasteiger partial charge on any atom is -0.494 e. The predicted molar refractivity (Wildman–Crippen MR) is 166 cm³/mol. The average Bonchev–Trinajstić information content (AvgIpc) is 3.37. The Morgan fingerprint density at radius 2 is 1.79 bits per heavy atom. The van der Waals surface area contributed by atoms with Crippen LogP contribution in [0.2, 0.25) is 5.02 Å². The summed E-state index contributed by atoms with van der Waals surface area (Å²) < 4.78 is 17.7. The number of rotatable bonds is 13. The van der Waals surface area contributed by atoms with E-state index in [2.05, 4.69) is 5.32 Å². The molecule has 1 aliphatic heterocycles. The standard InChI is InChI=1S/C34H39ClN2O6/c1-33(2,3)43-29(39)17-19-34(32(40)36-20-18-24-9-7-12-27(35)23-24)30(25-10-5-4-6-11-25)42-31(37-34)26-13-15-28(16-14-26)41-22-8-21-38/h4-7,9-16,23,30,38H,8,17-22H2,1-3H3,(H,36,40)/t30-,34-/m1/s1. The average molecular weight is 607 g/mol. The number of ether oxygens (including phenoxy) is 3. The van der Waals surface area contributed by atoms with E-state index < -0.39 is 23.2 Å². The van der Waals surface area contributed by atoms with Gasteiger partial charge in [0.05, 0.1) is 6.61 Å². The van der Waals surface area contributed by atoms with E-state index in [1.807, 2.05) is 81.4 Å². The molecule has 0 saturated heterocycles. The van der Waals surface area contributed by atoms with E-state index >= 15 is 0 Å². The van der Waals surface area contributed by atoms with E-state index in [-0.39, 0.29) is 25.4 Å². The van der Waals surface area contributed by atoms with Crippen LogP contribution in [0.1, 0.15) is 62.8 Å². The molecule has 0 radical (unpaired) electrons. The summed E-state index contributed by atoms with van der Waals surface area (Å²) in [5.41, 5.74) is 0.325. The molecule has 2 N–H and O–H groups in total. The molecule has 0 unspecified atom stereocenters. The Labute approximate surface area is 258 Å². The minimum atomic E-state index is -1.43. The smallest absolute Gasteiger partial charge is 0.306 e. The Balaban J connectivity index is 1.66. The highest BCUT2D eigenvalue weighted by Crippen LogP contribution is 2.43. The maximum atomic E-state index is 14.2. The molecular weight excluding hydrogens is 568 g/mol. The van der Waals surface area contributed by atoms with Gasteiger partial charge in [0.2, 0.25) is 5.90 Å². The van der Waals surface area contributed by atoms with Gasteiger partial charge in [0.25, 0.3) is 5.91 Å². The second kappa shape index (κ2) is 14.5. The van der Waals surface area contributed by atoms with Gasteiger partial charge < -0.3 is 24.6 Å². The Bertz CT molecular complexity index is 1400. The highest BCUT2D eigenvalue weighted by molar-refractivity contribution is 6.30. The van der Waals surface area contributed by atoms with Crippen molar-refractivity contribution >= 4 is 29.4 Å². The number of aliphatic hydroxyl groups excluding tert-OH is 1. The van der Waals surface area contributed by atoms with Gasteiger partial charge in [0.1, 0.15) is 11.4 Å². The van der Waals surface area contributed by atoms with Crippen LogP contribution in [0.3, 0.4) is 0 Å². The van der Waals surface area contributed by atoms with Crippen LogP contribution in [0, 0.1) is 0 Å². The molecule has 3 aromatic rings. The van der Waals surface area contributed by atoms with Crippen LogP contribution in [0.15, 0.2) is 83.9 Å². The second-order valence-corrected chi connectivity index (χ2v) is 11.9. The number of carbonyl (C=O) groups excluding carboxylic acids is 2. The van der Waals surface area contributed by atoms with E-state index in [1.54, 1.807) is 18.2 Å². The van der Waals surface area contributed by atoms with Gasteiger partial charge in [-0.25, -0.2) is 4.99 Å². The summed E-state index contributed by atoms with van der Waals surface area (Å²) in [6, 6.07) is 24.2. The summed E-state index contributed by atoms with van der Waals surface area (Å²) in [6.07, 6.45) is 0.372. The van der Waals surface area contributed by atoms with Crippen LogP contribution in [-0.4, -0.2) is 53.8 Å². The first-order valence-corrected chi connectivity index (χ1v) is 14.9. The number of carbonyl (C=O) groups is 2. The molecule has 0 aliphatic carbocycles. The van der Waals surface area contributed by atoms with E-state index in [9.17, 15) is 9.59 Å². The first-order chi connectivity index (χ1) is 20.6. The molecule has 1 heterocycles. The lowest BCUT2D eigenvalue weighted by Gasteiger charge is -2.31. The van der Waals surface area contributed by atoms with Crippen molar-refractivity contribution in [1.82, 2.24) is 5.32 Å². The molecular formula is C34H39ClN2O6. The molecule has 228 valence electrons. The SMILES string of the molecule is CC(C)(C)OC(=O)CC[C@@]1(C(=O)NCCc2cccc(Cl)c2)N=C(c2ccc(OCCCO)cc2)O[C@@H]1c1ccccc1. The zero-order chi connectivity index (χ0) is 30.9. The lowest BCUT2D eigenvalue weighted by molar-refractivity contribution is -0.155. The quantitative estimate of drug-likeness (QED) is 0.187. The van der Waals surface area contributed by atoms with Crippen molar-refractivity contribution in [3.8, 4) is 5.75 Å². The third kappa shape index (κ3) is 8.81. The molecule has 0 bridgehead atoms. The second-order valence-electron chi connectivity index (χ2n) is 11.4. The fourth-order valence-corrected chi connectivity index (χ4v) is 5.06. The van der Waals surface area contributed by atoms with E-state index in [0.717, 1.165) is 11.1 Å². The molecule has 1 amide bonds. The van der Waals surface area contributed by atoms with Gasteiger partial charge in [-0.3, -0.25) is 9.59 Å². The number of nitrogens with zero attached hydrogens (tertiary/aromatic N) is 1. The van der Waals surface area contributed by atoms with Crippen LogP contribution in [0.25, 0.3) is 0 Å². The van der Waals surface area contributed by atoms with Crippen molar-refractivity contribution in [3.63, 3.8) is 0 Å². The molecule has 3 aromatic carbocycles. The molecule has 0 spiro atoms. The largest absolute Gasteiger partial charge is 0.494 e. The number of benzene rings is 3. The van der Waals surface area contributed by atoms with Crippen LogP contribution >= 0.6 is 11.6 Å². The van der Waals surface area contributed by atoms with Crippen molar-refractivity contribution in [2.45, 2.75) is 63.7 Å². The Morgan fingerprint density at radius 3 is 2.47 bits per heavy atom. The number of halogens is 1. The summed E-state index contributed by atoms with van der Waals surface area (Å²) in [4.78, 5) is 32.0. The minimum absolute atomic E-state index is 0.0277. The number of esters is 1. The van der Waals surface area contributed by atoms with E-state index in [4.69, 9.17) is 35.9 Å². The zero-order valence-corrected chi connectivity index (χ0v) is 25.6. The zero-order valence-electron chi connectivity index (χ0n) is 24.8. The topological polar surface area (TPSA) is 106 Å². The Kier molecular flexibility index (Phi) is 10.8. The highest BCUT2D eigenvalue weighted by Gasteiger charge is 2.53. The maximum Gasteiger partial charge on any atom is 0.306 e. The normalized spacial score (nSPS) is 18.0. The molecule has 0 aromatic heterocycles. The van der Waals surface area contributed by atoms with Crippen molar-refractivity contribution in [3.05, 3.63) is 101 Å². The monoisotopic (exact) mass is 606 g/mol. The first-order valence-electron chi connectivity index (χ1n) is 14.5. The summed E-state index contributed by atoms with van der Waals surface area (Å²) in [6.45, 7) is 6.22. The lowest BCUT2D eigenvalue weighted by Crippen LogP contribution is -2.49. The molecule has 4 rings (SSSR count). The molecule has 0 fully saturated rings. The fraction of sp³-hybridized carbons (Fsp3) is 0.382. The van der Waals surface area contributed by atoms with Gasteiger partial charge in [-0.05, 0) is 81.1 Å². The van der Waals surface area contributed by atoms with E-state index in [1.165, 1.54) is 0 Å². The maximum absolute atomic E-state index is 14.2. The van der Waals surface area contributed by atoms with Crippen LogP contribution in [-0.2, 0) is 25.5 Å². The van der Waals surface area contributed by atoms with Crippen molar-refractivity contribution < 1.29 is 28.9 Å². The van der Waals surface area contributed by atoms with Gasteiger partial charge in [-0.15, -0.1) is 0 Å². The van der Waals surface area contributed by atoms with Gasteiger partial charge >= 0.3 is 5.97 Å².